The van der Waals surface area contributed by atoms with E-state index in [1.54, 1.807) is 19.2 Å². The Labute approximate surface area is 115 Å². The number of nitrogens with zero attached hydrogens (tertiary/aromatic N) is 1. The molecule has 0 radical (unpaired) electrons. The van der Waals surface area contributed by atoms with E-state index >= 15 is 0 Å². The molecule has 2 aromatic rings. The molecule has 0 aliphatic heterocycles. The van der Waals surface area contributed by atoms with Crippen LogP contribution in [0.5, 0.6) is 17.2 Å². The number of halogens is 1. The predicted octanol–water partition coefficient (Wildman–Crippen LogP) is 2.34. The summed E-state index contributed by atoms with van der Waals surface area (Å²) >= 11 is 6.35. The number of nitrogens with one attached hydrogen (secondary N) is 1. The van der Waals surface area contributed by atoms with Gasteiger partial charge in [0.2, 0.25) is 0 Å². The number of anilines is 1. The van der Waals surface area contributed by atoms with Gasteiger partial charge in [-0.05, 0) is 0 Å². The Bertz CT molecular complexity index is 598. The number of ether oxygens (including phenoxy) is 3. The van der Waals surface area contributed by atoms with E-state index in [0.29, 0.717) is 39.3 Å². The molecule has 6 nitrogen and oxygen atoms in total. The van der Waals surface area contributed by atoms with Crippen molar-refractivity contribution in [1.82, 2.24) is 10.2 Å². The van der Waals surface area contributed by atoms with E-state index < -0.39 is 0 Å². The van der Waals surface area contributed by atoms with E-state index in [1.165, 1.54) is 14.2 Å². The standard InChI is InChI=1S/C12H14ClN3O3/c1-17-7-5-8(18-2)12(19-3)11(13)10(7)6-4-9(14)16-15-6/h4-5H,1-3H3,(H3,14,15,16). The molecule has 102 valence electrons. The molecule has 1 heterocycles. The highest BCUT2D eigenvalue weighted by Crippen LogP contribution is 2.47. The first-order chi connectivity index (χ1) is 9.12. The van der Waals surface area contributed by atoms with E-state index in [-0.39, 0.29) is 0 Å². The average molecular weight is 284 g/mol. The number of nitrogens with two attached hydrogens (primary N) is 1. The lowest BCUT2D eigenvalue weighted by atomic mass is 10.1. The number of nitrogen functional groups attached to an aromatic ring is 1. The number of hydrogen-bond donors (Lipinski definition) is 2. The molecule has 0 atom stereocenters. The summed E-state index contributed by atoms with van der Waals surface area (Å²) in [5.41, 5.74) is 6.86. The molecular formula is C12H14ClN3O3. The Balaban J connectivity index is 2.71. The minimum absolute atomic E-state index is 0.363. The third-order valence-electron chi connectivity index (χ3n) is 2.66. The van der Waals surface area contributed by atoms with Gasteiger partial charge >= 0.3 is 0 Å². The molecule has 0 unspecified atom stereocenters. The molecule has 19 heavy (non-hydrogen) atoms. The van der Waals surface area contributed by atoms with E-state index in [9.17, 15) is 0 Å². The van der Waals surface area contributed by atoms with Crippen molar-refractivity contribution in [2.24, 2.45) is 0 Å². The Morgan fingerprint density at radius 1 is 1.11 bits per heavy atom. The third kappa shape index (κ3) is 2.26. The number of benzene rings is 1. The van der Waals surface area contributed by atoms with E-state index in [1.807, 2.05) is 0 Å². The molecule has 0 amide bonds. The highest BCUT2D eigenvalue weighted by Gasteiger charge is 2.21. The zero-order chi connectivity index (χ0) is 14.0. The Kier molecular flexibility index (Phi) is 3.71. The van der Waals surface area contributed by atoms with Crippen LogP contribution >= 0.6 is 11.6 Å². The Morgan fingerprint density at radius 2 is 1.79 bits per heavy atom. The van der Waals surface area contributed by atoms with Gasteiger partial charge in [0.15, 0.2) is 11.5 Å². The second kappa shape index (κ2) is 5.27. The number of hydrogen-bond acceptors (Lipinski definition) is 5. The third-order valence-corrected chi connectivity index (χ3v) is 3.02. The molecule has 2 rings (SSSR count). The lowest BCUT2D eigenvalue weighted by Gasteiger charge is -2.15. The number of methoxy groups -OCH3 is 3. The topological polar surface area (TPSA) is 82.4 Å². The highest BCUT2D eigenvalue weighted by atomic mass is 35.5. The van der Waals surface area contributed by atoms with Crippen molar-refractivity contribution in [2.75, 3.05) is 27.1 Å². The van der Waals surface area contributed by atoms with Crippen molar-refractivity contribution in [3.63, 3.8) is 0 Å². The van der Waals surface area contributed by atoms with Gasteiger partial charge in [0, 0.05) is 12.1 Å². The fourth-order valence-corrected chi connectivity index (χ4v) is 2.17. The number of H-pyrrole nitrogens is 1. The van der Waals surface area contributed by atoms with Gasteiger partial charge in [-0.15, -0.1) is 0 Å². The summed E-state index contributed by atoms with van der Waals surface area (Å²) in [4.78, 5) is 0. The van der Waals surface area contributed by atoms with E-state index in [4.69, 9.17) is 31.5 Å². The van der Waals surface area contributed by atoms with Gasteiger partial charge in [-0.1, -0.05) is 11.6 Å². The first-order valence-corrected chi connectivity index (χ1v) is 5.79. The molecule has 0 aliphatic rings. The molecule has 0 saturated heterocycles. The fraction of sp³-hybridized carbons (Fsp3) is 0.250. The SMILES string of the molecule is COc1cc(OC)c(-c2cc(N)n[nH]2)c(Cl)c1OC. The van der Waals surface area contributed by atoms with Crippen LogP contribution in [0.3, 0.4) is 0 Å². The van der Waals surface area contributed by atoms with E-state index in [2.05, 4.69) is 10.2 Å². The van der Waals surface area contributed by atoms with Gasteiger partial charge in [-0.2, -0.15) is 5.10 Å². The van der Waals surface area contributed by atoms with Gasteiger partial charge in [0.1, 0.15) is 11.6 Å². The van der Waals surface area contributed by atoms with Gasteiger partial charge < -0.3 is 19.9 Å². The molecule has 1 aromatic carbocycles. The van der Waals surface area contributed by atoms with Crippen molar-refractivity contribution < 1.29 is 14.2 Å². The molecule has 3 N–H and O–H groups in total. The van der Waals surface area contributed by atoms with Gasteiger partial charge in [-0.3, -0.25) is 5.10 Å². The van der Waals surface area contributed by atoms with Crippen molar-refractivity contribution >= 4 is 17.4 Å². The minimum atomic E-state index is 0.363. The molecule has 0 aliphatic carbocycles. The van der Waals surface area contributed by atoms with Crippen molar-refractivity contribution in [3.05, 3.63) is 17.2 Å². The van der Waals surface area contributed by atoms with Crippen LogP contribution in [0.2, 0.25) is 5.02 Å². The predicted molar refractivity (Wildman–Crippen MR) is 73.1 cm³/mol. The molecule has 1 aromatic heterocycles. The molecule has 7 heteroatoms. The van der Waals surface area contributed by atoms with Crippen LogP contribution in [0.15, 0.2) is 12.1 Å². The minimum Gasteiger partial charge on any atom is -0.496 e. The van der Waals surface area contributed by atoms with Gasteiger partial charge in [0.25, 0.3) is 0 Å². The van der Waals surface area contributed by atoms with Crippen LogP contribution in [0.25, 0.3) is 11.3 Å². The summed E-state index contributed by atoms with van der Waals surface area (Å²) in [6.45, 7) is 0. The monoisotopic (exact) mass is 283 g/mol. The number of aromatic nitrogens is 2. The second-order valence-electron chi connectivity index (χ2n) is 3.71. The fourth-order valence-electron chi connectivity index (χ4n) is 1.81. The quantitative estimate of drug-likeness (QED) is 0.900. The summed E-state index contributed by atoms with van der Waals surface area (Å²) in [7, 11) is 4.59. The number of rotatable bonds is 4. The van der Waals surface area contributed by atoms with Crippen LogP contribution in [0.4, 0.5) is 5.82 Å². The van der Waals surface area contributed by atoms with E-state index in [0.717, 1.165) is 0 Å². The lowest BCUT2D eigenvalue weighted by molar-refractivity contribution is 0.349. The van der Waals surface area contributed by atoms with Crippen molar-refractivity contribution in [3.8, 4) is 28.5 Å². The average Bonchev–Trinajstić information content (AvgIpc) is 2.83. The van der Waals surface area contributed by atoms with Crippen molar-refractivity contribution in [1.29, 1.82) is 0 Å². The smallest absolute Gasteiger partial charge is 0.180 e. The Morgan fingerprint density at radius 3 is 2.26 bits per heavy atom. The maximum atomic E-state index is 6.35. The first-order valence-electron chi connectivity index (χ1n) is 5.42. The largest absolute Gasteiger partial charge is 0.496 e. The Hall–Kier alpha value is -2.08. The number of aromatic amines is 1. The summed E-state index contributed by atoms with van der Waals surface area (Å²) < 4.78 is 15.8. The maximum absolute atomic E-state index is 6.35. The lowest BCUT2D eigenvalue weighted by Crippen LogP contribution is -1.96. The van der Waals surface area contributed by atoms with Crippen molar-refractivity contribution in [2.45, 2.75) is 0 Å². The molecule has 0 saturated carbocycles. The second-order valence-corrected chi connectivity index (χ2v) is 4.09. The summed E-state index contributed by atoms with van der Waals surface area (Å²) in [6, 6.07) is 3.35. The molecule has 0 bridgehead atoms. The first kappa shape index (κ1) is 13.4. The van der Waals surface area contributed by atoms with Crippen LogP contribution in [0, 0.1) is 0 Å². The van der Waals surface area contributed by atoms with Crippen LogP contribution in [-0.4, -0.2) is 31.5 Å². The summed E-state index contributed by atoms with van der Waals surface area (Å²) in [6.07, 6.45) is 0. The maximum Gasteiger partial charge on any atom is 0.180 e. The zero-order valence-corrected chi connectivity index (χ0v) is 11.5. The highest BCUT2D eigenvalue weighted by molar-refractivity contribution is 6.35. The zero-order valence-electron chi connectivity index (χ0n) is 10.8. The normalized spacial score (nSPS) is 10.3. The van der Waals surface area contributed by atoms with Crippen LogP contribution < -0.4 is 19.9 Å². The van der Waals surface area contributed by atoms with Gasteiger partial charge in [-0.25, -0.2) is 0 Å². The van der Waals surface area contributed by atoms with Crippen LogP contribution in [-0.2, 0) is 0 Å². The summed E-state index contributed by atoms with van der Waals surface area (Å²) in [5.74, 6) is 1.81. The summed E-state index contributed by atoms with van der Waals surface area (Å²) in [5, 5.41) is 7.03. The molecule has 0 spiro atoms. The molecule has 0 fully saturated rings. The van der Waals surface area contributed by atoms with Crippen LogP contribution in [0.1, 0.15) is 0 Å². The van der Waals surface area contributed by atoms with Gasteiger partial charge in [0.05, 0.1) is 37.6 Å². The molecular weight excluding hydrogens is 270 g/mol.